The zero-order valence-electron chi connectivity index (χ0n) is 11.4. The second kappa shape index (κ2) is 5.87. The Morgan fingerprint density at radius 3 is 2.53 bits per heavy atom. The normalized spacial score (nSPS) is 35.8. The van der Waals surface area contributed by atoms with Crippen molar-refractivity contribution in [3.63, 3.8) is 0 Å². The van der Waals surface area contributed by atoms with Crippen LogP contribution in [0.25, 0.3) is 0 Å². The molecule has 3 unspecified atom stereocenters. The van der Waals surface area contributed by atoms with Crippen LogP contribution >= 0.6 is 0 Å². The van der Waals surface area contributed by atoms with Crippen molar-refractivity contribution >= 4 is 0 Å². The summed E-state index contributed by atoms with van der Waals surface area (Å²) in [5, 5.41) is 9.39. The third-order valence-corrected chi connectivity index (χ3v) is 4.68. The van der Waals surface area contributed by atoms with E-state index in [1.165, 1.54) is 45.1 Å². The van der Waals surface area contributed by atoms with Gasteiger partial charge in [-0.25, -0.2) is 0 Å². The molecule has 0 aromatic heterocycles. The van der Waals surface area contributed by atoms with E-state index in [2.05, 4.69) is 24.8 Å². The SMILES string of the molecule is CC(C)C1CCCN1C1CCCCCC1C#N. The first-order chi connectivity index (χ1) is 8.24. The number of hydrogen-bond acceptors (Lipinski definition) is 2. The smallest absolute Gasteiger partial charge is 0.0672 e. The van der Waals surface area contributed by atoms with Crippen LogP contribution in [0.5, 0.6) is 0 Å². The van der Waals surface area contributed by atoms with Gasteiger partial charge in [0, 0.05) is 12.1 Å². The van der Waals surface area contributed by atoms with E-state index in [4.69, 9.17) is 0 Å². The summed E-state index contributed by atoms with van der Waals surface area (Å²) >= 11 is 0. The minimum atomic E-state index is 0.289. The van der Waals surface area contributed by atoms with Gasteiger partial charge in [-0.3, -0.25) is 4.90 Å². The van der Waals surface area contributed by atoms with Crippen LogP contribution in [0.4, 0.5) is 0 Å². The summed E-state index contributed by atoms with van der Waals surface area (Å²) in [5.41, 5.74) is 0. The Balaban J connectivity index is 2.10. The molecule has 0 bridgehead atoms. The van der Waals surface area contributed by atoms with Gasteiger partial charge in [-0.15, -0.1) is 0 Å². The van der Waals surface area contributed by atoms with Gasteiger partial charge in [-0.05, 0) is 38.1 Å². The maximum Gasteiger partial charge on any atom is 0.0672 e. The topological polar surface area (TPSA) is 27.0 Å². The first-order valence-corrected chi connectivity index (χ1v) is 7.39. The maximum absolute atomic E-state index is 9.39. The number of nitrogens with zero attached hydrogens (tertiary/aromatic N) is 2. The molecule has 0 radical (unpaired) electrons. The molecule has 0 aromatic rings. The third-order valence-electron chi connectivity index (χ3n) is 4.68. The monoisotopic (exact) mass is 234 g/mol. The van der Waals surface area contributed by atoms with Crippen LogP contribution in [0, 0.1) is 23.2 Å². The molecule has 0 amide bonds. The molecule has 1 saturated heterocycles. The van der Waals surface area contributed by atoms with Crippen LogP contribution in [0.2, 0.25) is 0 Å². The average Bonchev–Trinajstić information content (AvgIpc) is 2.68. The predicted molar refractivity (Wildman–Crippen MR) is 70.5 cm³/mol. The minimum Gasteiger partial charge on any atom is -0.296 e. The van der Waals surface area contributed by atoms with Crippen molar-refractivity contribution in [3.8, 4) is 6.07 Å². The fourth-order valence-corrected chi connectivity index (χ4v) is 3.78. The van der Waals surface area contributed by atoms with Crippen molar-refractivity contribution < 1.29 is 0 Å². The van der Waals surface area contributed by atoms with E-state index in [1.807, 2.05) is 0 Å². The predicted octanol–water partition coefficient (Wildman–Crippen LogP) is 3.58. The van der Waals surface area contributed by atoms with Gasteiger partial charge in [0.2, 0.25) is 0 Å². The van der Waals surface area contributed by atoms with Gasteiger partial charge in [0.1, 0.15) is 0 Å². The van der Waals surface area contributed by atoms with Crippen LogP contribution in [0.15, 0.2) is 0 Å². The molecule has 2 rings (SSSR count). The van der Waals surface area contributed by atoms with Gasteiger partial charge < -0.3 is 0 Å². The van der Waals surface area contributed by atoms with Crippen LogP contribution in [-0.2, 0) is 0 Å². The molecule has 17 heavy (non-hydrogen) atoms. The number of hydrogen-bond donors (Lipinski definition) is 0. The lowest BCUT2D eigenvalue weighted by molar-refractivity contribution is 0.113. The highest BCUT2D eigenvalue weighted by Crippen LogP contribution is 2.34. The highest BCUT2D eigenvalue weighted by atomic mass is 15.2. The Hall–Kier alpha value is -0.550. The van der Waals surface area contributed by atoms with Crippen LogP contribution < -0.4 is 0 Å². The van der Waals surface area contributed by atoms with Crippen LogP contribution in [-0.4, -0.2) is 23.5 Å². The summed E-state index contributed by atoms with van der Waals surface area (Å²) in [6.07, 6.45) is 8.96. The summed E-state index contributed by atoms with van der Waals surface area (Å²) in [5.74, 6) is 1.02. The lowest BCUT2D eigenvalue weighted by Gasteiger charge is -2.36. The van der Waals surface area contributed by atoms with Gasteiger partial charge in [0.25, 0.3) is 0 Å². The molecule has 96 valence electrons. The molecule has 1 saturated carbocycles. The van der Waals surface area contributed by atoms with Crippen molar-refractivity contribution in [3.05, 3.63) is 0 Å². The lowest BCUT2D eigenvalue weighted by atomic mass is 9.92. The molecule has 1 heterocycles. The number of nitriles is 1. The first kappa shape index (κ1) is 12.9. The molecule has 2 nitrogen and oxygen atoms in total. The fraction of sp³-hybridized carbons (Fsp3) is 0.933. The molecular weight excluding hydrogens is 208 g/mol. The summed E-state index contributed by atoms with van der Waals surface area (Å²) < 4.78 is 0. The molecule has 1 aliphatic carbocycles. The molecule has 2 aliphatic rings. The fourth-order valence-electron chi connectivity index (χ4n) is 3.78. The van der Waals surface area contributed by atoms with E-state index in [1.54, 1.807) is 0 Å². The van der Waals surface area contributed by atoms with Gasteiger partial charge >= 0.3 is 0 Å². The zero-order valence-corrected chi connectivity index (χ0v) is 11.4. The van der Waals surface area contributed by atoms with E-state index in [0.29, 0.717) is 6.04 Å². The van der Waals surface area contributed by atoms with Crippen LogP contribution in [0.1, 0.15) is 58.8 Å². The quantitative estimate of drug-likeness (QED) is 0.683. The van der Waals surface area contributed by atoms with Crippen molar-refractivity contribution in [1.29, 1.82) is 5.26 Å². The first-order valence-electron chi connectivity index (χ1n) is 7.39. The maximum atomic E-state index is 9.39. The highest BCUT2D eigenvalue weighted by molar-refractivity contribution is 4.98. The van der Waals surface area contributed by atoms with E-state index in [-0.39, 0.29) is 5.92 Å². The van der Waals surface area contributed by atoms with Gasteiger partial charge in [0.05, 0.1) is 12.0 Å². The average molecular weight is 234 g/mol. The second-order valence-corrected chi connectivity index (χ2v) is 6.13. The molecule has 2 heteroatoms. The molecule has 0 N–H and O–H groups in total. The minimum absolute atomic E-state index is 0.289. The second-order valence-electron chi connectivity index (χ2n) is 6.13. The Bertz CT molecular complexity index is 279. The van der Waals surface area contributed by atoms with Crippen LogP contribution in [0.3, 0.4) is 0 Å². The summed E-state index contributed by atoms with van der Waals surface area (Å²) in [6.45, 7) is 5.90. The van der Waals surface area contributed by atoms with E-state index in [0.717, 1.165) is 18.4 Å². The molecular formula is C15H26N2. The third kappa shape index (κ3) is 2.83. The van der Waals surface area contributed by atoms with E-state index < -0.39 is 0 Å². The van der Waals surface area contributed by atoms with Gasteiger partial charge in [-0.1, -0.05) is 33.1 Å². The van der Waals surface area contributed by atoms with Crippen molar-refractivity contribution in [2.45, 2.75) is 70.9 Å². The Morgan fingerprint density at radius 2 is 1.82 bits per heavy atom. The highest BCUT2D eigenvalue weighted by Gasteiger charge is 2.36. The molecule has 2 fully saturated rings. The molecule has 0 spiro atoms. The largest absolute Gasteiger partial charge is 0.296 e. The summed E-state index contributed by atoms with van der Waals surface area (Å²) in [6, 6.07) is 3.87. The summed E-state index contributed by atoms with van der Waals surface area (Å²) in [4.78, 5) is 2.68. The Labute approximate surface area is 106 Å². The van der Waals surface area contributed by atoms with Crippen molar-refractivity contribution in [2.75, 3.05) is 6.54 Å². The Morgan fingerprint density at radius 1 is 1.06 bits per heavy atom. The standard InChI is InChI=1S/C15H26N2/c1-12(2)14-9-6-10-17(14)15-8-5-3-4-7-13(15)11-16/h12-15H,3-10H2,1-2H3. The van der Waals surface area contributed by atoms with Crippen molar-refractivity contribution in [2.24, 2.45) is 11.8 Å². The summed E-state index contributed by atoms with van der Waals surface area (Å²) in [7, 11) is 0. The molecule has 0 aromatic carbocycles. The van der Waals surface area contributed by atoms with E-state index >= 15 is 0 Å². The van der Waals surface area contributed by atoms with Crippen molar-refractivity contribution in [1.82, 2.24) is 4.90 Å². The van der Waals surface area contributed by atoms with Gasteiger partial charge in [-0.2, -0.15) is 5.26 Å². The molecule has 1 aliphatic heterocycles. The van der Waals surface area contributed by atoms with Gasteiger partial charge in [0.15, 0.2) is 0 Å². The molecule has 3 atom stereocenters. The number of likely N-dealkylation sites (tertiary alicyclic amines) is 1. The lowest BCUT2D eigenvalue weighted by Crippen LogP contribution is -2.44. The van der Waals surface area contributed by atoms with E-state index in [9.17, 15) is 5.26 Å². The number of rotatable bonds is 2. The Kier molecular flexibility index (Phi) is 4.45. The zero-order chi connectivity index (χ0) is 12.3.